The lowest BCUT2D eigenvalue weighted by molar-refractivity contribution is 0.281. The molecule has 0 unspecified atom stereocenters. The third-order valence-corrected chi connectivity index (χ3v) is 3.10. The lowest BCUT2D eigenvalue weighted by atomic mass is 10.1. The summed E-state index contributed by atoms with van der Waals surface area (Å²) in [6.45, 7) is 7.22. The first-order valence-electron chi connectivity index (χ1n) is 5.41. The highest BCUT2D eigenvalue weighted by atomic mass is 28.4. The van der Waals surface area contributed by atoms with Crippen molar-refractivity contribution in [1.29, 1.82) is 0 Å². The van der Waals surface area contributed by atoms with Gasteiger partial charge in [0.1, 0.15) is 0 Å². The molecule has 1 rings (SSSR count). The molecule has 0 aromatic heterocycles. The van der Waals surface area contributed by atoms with Gasteiger partial charge in [-0.25, -0.2) is 0 Å². The molecular weight excluding hydrogens is 202 g/mol. The lowest BCUT2D eigenvalue weighted by Crippen LogP contribution is -2.35. The van der Waals surface area contributed by atoms with E-state index < -0.39 is 8.32 Å². The average molecular weight is 223 g/mol. The van der Waals surface area contributed by atoms with Crippen LogP contribution in [0.3, 0.4) is 0 Å². The number of nitrogens with two attached hydrogens (primary N) is 1. The Hall–Kier alpha value is -0.643. The van der Waals surface area contributed by atoms with E-state index in [-0.39, 0.29) is 6.04 Å². The molecule has 1 atom stereocenters. The molecule has 0 bridgehead atoms. The van der Waals surface area contributed by atoms with Crippen molar-refractivity contribution in [2.75, 3.05) is 6.61 Å². The van der Waals surface area contributed by atoms with Gasteiger partial charge >= 0.3 is 0 Å². The van der Waals surface area contributed by atoms with Gasteiger partial charge in [0.15, 0.2) is 8.32 Å². The van der Waals surface area contributed by atoms with E-state index in [0.717, 1.165) is 6.42 Å². The minimum Gasteiger partial charge on any atom is -0.416 e. The zero-order chi connectivity index (χ0) is 11.3. The summed E-state index contributed by atoms with van der Waals surface area (Å²) in [5.74, 6) is 0. The van der Waals surface area contributed by atoms with Gasteiger partial charge in [0.25, 0.3) is 0 Å². The zero-order valence-corrected chi connectivity index (χ0v) is 10.9. The Balaban J connectivity index is 2.34. The van der Waals surface area contributed by atoms with Gasteiger partial charge in [0.05, 0.1) is 0 Å². The fourth-order valence-corrected chi connectivity index (χ4v) is 2.05. The summed E-state index contributed by atoms with van der Waals surface area (Å²) < 4.78 is 5.78. The Labute approximate surface area is 93.6 Å². The highest BCUT2D eigenvalue weighted by Gasteiger charge is 2.15. The molecule has 0 saturated carbocycles. The minimum absolute atomic E-state index is 0.110. The average Bonchev–Trinajstić information content (AvgIpc) is 2.15. The van der Waals surface area contributed by atoms with Crippen molar-refractivity contribution in [3.05, 3.63) is 35.9 Å². The van der Waals surface area contributed by atoms with Crippen LogP contribution in [0, 0.1) is 0 Å². The molecule has 0 heterocycles. The minimum atomic E-state index is -1.42. The summed E-state index contributed by atoms with van der Waals surface area (Å²) in [5.41, 5.74) is 7.29. The fourth-order valence-electron chi connectivity index (χ4n) is 1.33. The molecule has 0 radical (unpaired) electrons. The second kappa shape index (κ2) is 5.44. The molecule has 0 aliphatic carbocycles. The number of rotatable bonds is 5. The summed E-state index contributed by atoms with van der Waals surface area (Å²) in [5, 5.41) is 0. The van der Waals surface area contributed by atoms with Crippen LogP contribution < -0.4 is 5.73 Å². The van der Waals surface area contributed by atoms with E-state index in [0.29, 0.717) is 6.61 Å². The van der Waals surface area contributed by atoms with Crippen LogP contribution in [0.2, 0.25) is 19.6 Å². The molecule has 0 fully saturated rings. The number of hydrogen-bond donors (Lipinski definition) is 1. The zero-order valence-electron chi connectivity index (χ0n) is 9.86. The van der Waals surface area contributed by atoms with E-state index in [4.69, 9.17) is 10.2 Å². The maximum absolute atomic E-state index is 6.01. The van der Waals surface area contributed by atoms with Crippen LogP contribution in [0.4, 0.5) is 0 Å². The van der Waals surface area contributed by atoms with Crippen molar-refractivity contribution in [2.45, 2.75) is 32.1 Å². The molecule has 0 spiro atoms. The van der Waals surface area contributed by atoms with Crippen molar-refractivity contribution in [1.82, 2.24) is 0 Å². The first kappa shape index (κ1) is 12.4. The third-order valence-electron chi connectivity index (χ3n) is 2.07. The van der Waals surface area contributed by atoms with Gasteiger partial charge in [0.2, 0.25) is 0 Å². The van der Waals surface area contributed by atoms with Gasteiger partial charge in [-0.1, -0.05) is 30.3 Å². The largest absolute Gasteiger partial charge is 0.416 e. The predicted molar refractivity (Wildman–Crippen MR) is 67.4 cm³/mol. The Morgan fingerprint density at radius 2 is 1.80 bits per heavy atom. The Morgan fingerprint density at radius 3 is 2.33 bits per heavy atom. The predicted octanol–water partition coefficient (Wildman–Crippen LogP) is 2.41. The molecule has 2 N–H and O–H groups in total. The van der Waals surface area contributed by atoms with Gasteiger partial charge in [0, 0.05) is 12.6 Å². The summed E-state index contributed by atoms with van der Waals surface area (Å²) in [7, 11) is -1.42. The lowest BCUT2D eigenvalue weighted by Gasteiger charge is -2.20. The SMILES string of the molecule is C[Si](C)(C)OC[C@@H](N)Cc1ccccc1. The molecule has 0 amide bonds. The first-order valence-corrected chi connectivity index (χ1v) is 8.82. The third kappa shape index (κ3) is 5.72. The first-order chi connectivity index (χ1) is 6.97. The van der Waals surface area contributed by atoms with Crippen LogP contribution in [-0.4, -0.2) is 21.0 Å². The molecule has 84 valence electrons. The van der Waals surface area contributed by atoms with E-state index in [1.807, 2.05) is 18.2 Å². The van der Waals surface area contributed by atoms with E-state index in [1.54, 1.807) is 0 Å². The van der Waals surface area contributed by atoms with Crippen LogP contribution in [0.5, 0.6) is 0 Å². The van der Waals surface area contributed by atoms with Crippen molar-refractivity contribution in [3.8, 4) is 0 Å². The number of hydrogen-bond acceptors (Lipinski definition) is 2. The summed E-state index contributed by atoms with van der Waals surface area (Å²) in [4.78, 5) is 0. The molecule has 3 heteroatoms. The maximum Gasteiger partial charge on any atom is 0.183 e. The van der Waals surface area contributed by atoms with Crippen LogP contribution in [0.15, 0.2) is 30.3 Å². The van der Waals surface area contributed by atoms with Crippen LogP contribution >= 0.6 is 0 Å². The molecule has 0 aliphatic rings. The molecule has 15 heavy (non-hydrogen) atoms. The van der Waals surface area contributed by atoms with Gasteiger partial charge in [-0.15, -0.1) is 0 Å². The standard InChI is InChI=1S/C12H21NOSi/c1-15(2,3)14-10-12(13)9-11-7-5-4-6-8-11/h4-8,12H,9-10,13H2,1-3H3/t12-/m0/s1. The highest BCUT2D eigenvalue weighted by molar-refractivity contribution is 6.69. The molecule has 2 nitrogen and oxygen atoms in total. The Morgan fingerprint density at radius 1 is 1.20 bits per heavy atom. The topological polar surface area (TPSA) is 35.2 Å². The van der Waals surface area contributed by atoms with E-state index >= 15 is 0 Å². The van der Waals surface area contributed by atoms with Crippen molar-refractivity contribution >= 4 is 8.32 Å². The van der Waals surface area contributed by atoms with E-state index in [2.05, 4.69) is 31.8 Å². The molecule has 0 saturated heterocycles. The van der Waals surface area contributed by atoms with Crippen LogP contribution in [0.25, 0.3) is 0 Å². The summed E-state index contributed by atoms with van der Waals surface area (Å²) >= 11 is 0. The molecule has 0 aliphatic heterocycles. The summed E-state index contributed by atoms with van der Waals surface area (Å²) in [6, 6.07) is 10.4. The number of benzene rings is 1. The van der Waals surface area contributed by atoms with Gasteiger partial charge in [-0.3, -0.25) is 0 Å². The fraction of sp³-hybridized carbons (Fsp3) is 0.500. The van der Waals surface area contributed by atoms with Crippen molar-refractivity contribution in [2.24, 2.45) is 5.73 Å². The summed E-state index contributed by atoms with van der Waals surface area (Å²) in [6.07, 6.45) is 0.894. The second-order valence-corrected chi connectivity index (χ2v) is 9.39. The van der Waals surface area contributed by atoms with Crippen LogP contribution in [-0.2, 0) is 10.8 Å². The molecule has 1 aromatic rings. The van der Waals surface area contributed by atoms with Gasteiger partial charge in [-0.05, 0) is 31.6 Å². The normalized spacial score (nSPS) is 13.9. The monoisotopic (exact) mass is 223 g/mol. The molecule has 1 aromatic carbocycles. The maximum atomic E-state index is 6.01. The van der Waals surface area contributed by atoms with Crippen molar-refractivity contribution in [3.63, 3.8) is 0 Å². The van der Waals surface area contributed by atoms with E-state index in [9.17, 15) is 0 Å². The van der Waals surface area contributed by atoms with E-state index in [1.165, 1.54) is 5.56 Å². The highest BCUT2D eigenvalue weighted by Crippen LogP contribution is 2.06. The Bertz CT molecular complexity index is 281. The van der Waals surface area contributed by atoms with Gasteiger partial charge in [-0.2, -0.15) is 0 Å². The van der Waals surface area contributed by atoms with Gasteiger partial charge < -0.3 is 10.2 Å². The van der Waals surface area contributed by atoms with Crippen LogP contribution in [0.1, 0.15) is 5.56 Å². The molecular formula is C12H21NOSi. The Kier molecular flexibility index (Phi) is 4.51. The second-order valence-electron chi connectivity index (χ2n) is 4.87. The smallest absolute Gasteiger partial charge is 0.183 e. The van der Waals surface area contributed by atoms with Crippen molar-refractivity contribution < 1.29 is 4.43 Å². The quantitative estimate of drug-likeness (QED) is 0.778.